The van der Waals surface area contributed by atoms with Crippen molar-refractivity contribution in [1.82, 2.24) is 10.6 Å². The summed E-state index contributed by atoms with van der Waals surface area (Å²) in [6.45, 7) is 3.51. The maximum atomic E-state index is 10.9. The fourth-order valence-corrected chi connectivity index (χ4v) is 1.58. The maximum absolute atomic E-state index is 10.9. The Morgan fingerprint density at radius 3 is 2.65 bits per heavy atom. The van der Waals surface area contributed by atoms with Crippen LogP contribution in [0.4, 0.5) is 0 Å². The number of amides is 1. The molecule has 0 aromatic carbocycles. The lowest BCUT2D eigenvalue weighted by Gasteiger charge is -2.10. The number of nitrogens with one attached hydrogen (secondary N) is 2. The Bertz CT molecular complexity index is 432. The zero-order chi connectivity index (χ0) is 14.1. The van der Waals surface area contributed by atoms with E-state index in [1.54, 1.807) is 19.2 Å². The van der Waals surface area contributed by atoms with Gasteiger partial charge in [0.25, 0.3) is 5.91 Å². The zero-order valence-electron chi connectivity index (χ0n) is 11.9. The van der Waals surface area contributed by atoms with E-state index in [9.17, 15) is 4.79 Å². The first-order valence-electron chi connectivity index (χ1n) is 6.50. The topological polar surface area (TPSA) is 92.6 Å². The van der Waals surface area contributed by atoms with Crippen molar-refractivity contribution in [2.24, 2.45) is 10.7 Å². The largest absolute Gasteiger partial charge is 0.454 e. The average molecular weight is 394 g/mol. The van der Waals surface area contributed by atoms with Gasteiger partial charge in [-0.1, -0.05) is 19.8 Å². The molecule has 0 fully saturated rings. The molecule has 20 heavy (non-hydrogen) atoms. The van der Waals surface area contributed by atoms with Crippen molar-refractivity contribution in [3.63, 3.8) is 0 Å². The van der Waals surface area contributed by atoms with Gasteiger partial charge in [-0.2, -0.15) is 0 Å². The molecule has 1 aromatic heterocycles. The highest BCUT2D eigenvalue weighted by molar-refractivity contribution is 14.0. The highest BCUT2D eigenvalue weighted by Gasteiger charge is 2.07. The van der Waals surface area contributed by atoms with Gasteiger partial charge in [0.15, 0.2) is 11.7 Å². The van der Waals surface area contributed by atoms with Gasteiger partial charge >= 0.3 is 0 Å². The summed E-state index contributed by atoms with van der Waals surface area (Å²) >= 11 is 0. The molecule has 0 radical (unpaired) electrons. The zero-order valence-corrected chi connectivity index (χ0v) is 14.3. The molecule has 1 amide bonds. The number of rotatable bonds is 7. The van der Waals surface area contributed by atoms with Crippen LogP contribution in [0.5, 0.6) is 0 Å². The fraction of sp³-hybridized carbons (Fsp3) is 0.538. The number of halogens is 1. The minimum Gasteiger partial charge on any atom is -0.454 e. The molecule has 0 saturated carbocycles. The normalized spacial score (nSPS) is 10.8. The molecule has 0 atom stereocenters. The number of carbonyl (C=O) groups excluding carboxylic acids is 1. The average Bonchev–Trinajstić information content (AvgIpc) is 2.87. The number of primary amides is 1. The molecule has 0 aliphatic heterocycles. The second-order valence-electron chi connectivity index (χ2n) is 4.19. The third-order valence-electron chi connectivity index (χ3n) is 2.63. The Balaban J connectivity index is 0.00000361. The summed E-state index contributed by atoms with van der Waals surface area (Å²) in [6.07, 6.45) is 3.50. The van der Waals surface area contributed by atoms with E-state index in [4.69, 9.17) is 10.2 Å². The van der Waals surface area contributed by atoms with Crippen molar-refractivity contribution in [3.05, 3.63) is 23.7 Å². The van der Waals surface area contributed by atoms with Gasteiger partial charge < -0.3 is 20.8 Å². The van der Waals surface area contributed by atoms with Crippen LogP contribution in [0.3, 0.4) is 0 Å². The van der Waals surface area contributed by atoms with Crippen LogP contribution in [0.15, 0.2) is 21.5 Å². The number of nitrogens with two attached hydrogens (primary N) is 1. The molecule has 0 unspecified atom stereocenters. The Morgan fingerprint density at radius 1 is 1.35 bits per heavy atom. The minimum absolute atomic E-state index is 0. The third-order valence-corrected chi connectivity index (χ3v) is 2.63. The van der Waals surface area contributed by atoms with Crippen LogP contribution in [0.1, 0.15) is 42.5 Å². The van der Waals surface area contributed by atoms with Gasteiger partial charge in [0.2, 0.25) is 0 Å². The first kappa shape index (κ1) is 18.8. The highest BCUT2D eigenvalue weighted by atomic mass is 127. The molecule has 0 saturated heterocycles. The van der Waals surface area contributed by atoms with E-state index in [-0.39, 0.29) is 29.7 Å². The minimum atomic E-state index is -0.562. The lowest BCUT2D eigenvalue weighted by Crippen LogP contribution is -2.37. The van der Waals surface area contributed by atoms with E-state index in [0.29, 0.717) is 18.3 Å². The molecule has 0 aliphatic rings. The summed E-state index contributed by atoms with van der Waals surface area (Å²) in [6, 6.07) is 3.29. The van der Waals surface area contributed by atoms with Crippen molar-refractivity contribution in [2.45, 2.75) is 32.7 Å². The first-order chi connectivity index (χ1) is 9.17. The summed E-state index contributed by atoms with van der Waals surface area (Å²) < 4.78 is 5.26. The maximum Gasteiger partial charge on any atom is 0.284 e. The van der Waals surface area contributed by atoms with Crippen molar-refractivity contribution in [1.29, 1.82) is 0 Å². The summed E-state index contributed by atoms with van der Waals surface area (Å²) in [5, 5.41) is 6.32. The van der Waals surface area contributed by atoms with E-state index >= 15 is 0 Å². The van der Waals surface area contributed by atoms with Crippen molar-refractivity contribution in [3.8, 4) is 0 Å². The summed E-state index contributed by atoms with van der Waals surface area (Å²) in [5.74, 6) is 0.967. The molecule has 1 rings (SSSR count). The van der Waals surface area contributed by atoms with Crippen LogP contribution in [-0.4, -0.2) is 25.5 Å². The van der Waals surface area contributed by atoms with E-state index in [1.165, 1.54) is 12.8 Å². The lowest BCUT2D eigenvalue weighted by molar-refractivity contribution is 0.0972. The molecule has 7 heteroatoms. The van der Waals surface area contributed by atoms with Gasteiger partial charge in [-0.15, -0.1) is 24.0 Å². The second kappa shape index (κ2) is 10.5. The molecule has 0 spiro atoms. The van der Waals surface area contributed by atoms with E-state index in [0.717, 1.165) is 13.0 Å². The Labute approximate surface area is 136 Å². The number of hydrogen-bond donors (Lipinski definition) is 3. The first-order valence-corrected chi connectivity index (χ1v) is 6.50. The van der Waals surface area contributed by atoms with Gasteiger partial charge in [-0.25, -0.2) is 0 Å². The number of hydrogen-bond acceptors (Lipinski definition) is 3. The molecule has 1 heterocycles. The van der Waals surface area contributed by atoms with Crippen LogP contribution in [0.25, 0.3) is 0 Å². The van der Waals surface area contributed by atoms with Gasteiger partial charge in [0.1, 0.15) is 5.76 Å². The van der Waals surface area contributed by atoms with Crippen LogP contribution in [0.2, 0.25) is 0 Å². The number of aliphatic imine (C=N–C) groups is 1. The number of furan rings is 1. The molecule has 1 aromatic rings. The molecule has 114 valence electrons. The molecule has 0 aliphatic carbocycles. The monoisotopic (exact) mass is 394 g/mol. The van der Waals surface area contributed by atoms with Crippen molar-refractivity contribution < 1.29 is 9.21 Å². The summed E-state index contributed by atoms with van der Waals surface area (Å²) in [4.78, 5) is 15.0. The predicted molar refractivity (Wildman–Crippen MR) is 90.4 cm³/mol. The SMILES string of the molecule is CCCCCNC(=NC)NCc1ccc(C(N)=O)o1.I. The number of unbranched alkanes of at least 4 members (excludes halogenated alkanes) is 2. The Kier molecular flexibility index (Phi) is 9.87. The molecular weight excluding hydrogens is 371 g/mol. The molecule has 0 bridgehead atoms. The quantitative estimate of drug-likeness (QED) is 0.285. The Hall–Kier alpha value is -1.25. The summed E-state index contributed by atoms with van der Waals surface area (Å²) in [5.41, 5.74) is 5.11. The van der Waals surface area contributed by atoms with Gasteiger partial charge in [0.05, 0.1) is 6.54 Å². The molecule has 4 N–H and O–H groups in total. The van der Waals surface area contributed by atoms with Crippen LogP contribution < -0.4 is 16.4 Å². The van der Waals surface area contributed by atoms with Crippen LogP contribution >= 0.6 is 24.0 Å². The number of nitrogens with zero attached hydrogens (tertiary/aromatic N) is 1. The Morgan fingerprint density at radius 2 is 2.10 bits per heavy atom. The standard InChI is InChI=1S/C13H22N4O2.HI/c1-3-4-5-8-16-13(15-2)17-9-10-6-7-11(19-10)12(14)18;/h6-7H,3-5,8-9H2,1-2H3,(H2,14,18)(H2,15,16,17);1H. The number of carbonyl (C=O) groups is 1. The van der Waals surface area contributed by atoms with Crippen molar-refractivity contribution >= 4 is 35.8 Å². The number of guanidine groups is 1. The van der Waals surface area contributed by atoms with E-state index < -0.39 is 5.91 Å². The van der Waals surface area contributed by atoms with Crippen LogP contribution in [-0.2, 0) is 6.54 Å². The highest BCUT2D eigenvalue weighted by Crippen LogP contribution is 2.06. The van der Waals surface area contributed by atoms with Crippen LogP contribution in [0, 0.1) is 0 Å². The lowest BCUT2D eigenvalue weighted by atomic mass is 10.2. The second-order valence-corrected chi connectivity index (χ2v) is 4.19. The fourth-order valence-electron chi connectivity index (χ4n) is 1.58. The van der Waals surface area contributed by atoms with Gasteiger partial charge in [0, 0.05) is 13.6 Å². The van der Waals surface area contributed by atoms with Gasteiger partial charge in [-0.05, 0) is 18.6 Å². The molecular formula is C13H23IN4O2. The van der Waals surface area contributed by atoms with Crippen molar-refractivity contribution in [2.75, 3.05) is 13.6 Å². The van der Waals surface area contributed by atoms with E-state index in [1.807, 2.05) is 0 Å². The summed E-state index contributed by atoms with van der Waals surface area (Å²) in [7, 11) is 1.71. The molecule has 6 nitrogen and oxygen atoms in total. The van der Waals surface area contributed by atoms with E-state index in [2.05, 4.69) is 22.5 Å². The predicted octanol–water partition coefficient (Wildman–Crippen LogP) is 1.85. The third kappa shape index (κ3) is 6.78. The van der Waals surface area contributed by atoms with Gasteiger partial charge in [-0.3, -0.25) is 9.79 Å². The smallest absolute Gasteiger partial charge is 0.284 e.